The topological polar surface area (TPSA) is 74.0 Å². The van der Waals surface area contributed by atoms with Crippen LogP contribution < -0.4 is 5.73 Å². The third-order valence-electron chi connectivity index (χ3n) is 4.32. The second kappa shape index (κ2) is 4.73. The predicted molar refractivity (Wildman–Crippen MR) is 84.0 cm³/mol. The first kappa shape index (κ1) is 13.1. The van der Waals surface area contributed by atoms with Gasteiger partial charge in [0.1, 0.15) is 17.2 Å². The molecule has 1 aliphatic carbocycles. The molecule has 2 heterocycles. The molecule has 0 radical (unpaired) electrons. The zero-order valence-electron chi connectivity index (χ0n) is 12.4. The fourth-order valence-electron chi connectivity index (χ4n) is 3.28. The average Bonchev–Trinajstić information content (AvgIpc) is 3.06. The first-order chi connectivity index (χ1) is 10.6. The van der Waals surface area contributed by atoms with Crippen LogP contribution in [0, 0.1) is 6.92 Å². The number of nitrogens with two attached hydrogens (primary N) is 1. The lowest BCUT2D eigenvalue weighted by molar-refractivity contribution is 0.0943. The van der Waals surface area contributed by atoms with E-state index in [1.54, 1.807) is 0 Å². The third-order valence-corrected chi connectivity index (χ3v) is 4.32. The molecule has 0 amide bonds. The third kappa shape index (κ3) is 1.85. The van der Waals surface area contributed by atoms with Crippen LogP contribution in [0.2, 0.25) is 0 Å². The van der Waals surface area contributed by atoms with Crippen LogP contribution >= 0.6 is 0 Å². The number of hydrogen-bond acceptors (Lipinski definition) is 4. The minimum atomic E-state index is -0.138. The van der Waals surface area contributed by atoms with Crippen molar-refractivity contribution in [1.82, 2.24) is 9.78 Å². The van der Waals surface area contributed by atoms with E-state index in [0.29, 0.717) is 11.4 Å². The van der Waals surface area contributed by atoms with Gasteiger partial charge in [0.15, 0.2) is 0 Å². The maximum absolute atomic E-state index is 13.0. The Kier molecular flexibility index (Phi) is 2.82. The molecule has 5 nitrogen and oxygen atoms in total. The minimum Gasteiger partial charge on any atom is -0.461 e. The van der Waals surface area contributed by atoms with Crippen molar-refractivity contribution in [3.63, 3.8) is 0 Å². The summed E-state index contributed by atoms with van der Waals surface area (Å²) in [6, 6.07) is 7.40. The van der Waals surface area contributed by atoms with Crippen LogP contribution in [0.1, 0.15) is 40.2 Å². The molecule has 0 unspecified atom stereocenters. The van der Waals surface area contributed by atoms with Gasteiger partial charge in [0, 0.05) is 10.9 Å². The molecule has 0 saturated carbocycles. The maximum Gasteiger partial charge on any atom is 0.279 e. The summed E-state index contributed by atoms with van der Waals surface area (Å²) in [5.74, 6) is 1.14. The Bertz CT molecular complexity index is 889. The molecule has 0 saturated heterocycles. The SMILES string of the molecule is Cc1cc2c(C(=O)n3nc(N)c4c3CCCC4)cccc2o1. The normalized spacial score (nSPS) is 14.2. The number of aryl methyl sites for hydroxylation is 1. The Morgan fingerprint density at radius 2 is 2.14 bits per heavy atom. The summed E-state index contributed by atoms with van der Waals surface area (Å²) in [5, 5.41) is 5.12. The summed E-state index contributed by atoms with van der Waals surface area (Å²) >= 11 is 0. The summed E-state index contributed by atoms with van der Waals surface area (Å²) in [7, 11) is 0. The second-order valence-electron chi connectivity index (χ2n) is 5.81. The highest BCUT2D eigenvalue weighted by molar-refractivity contribution is 6.07. The molecule has 3 aromatic rings. The van der Waals surface area contributed by atoms with Gasteiger partial charge in [-0.25, -0.2) is 0 Å². The summed E-state index contributed by atoms with van der Waals surface area (Å²) in [6.07, 6.45) is 3.93. The van der Waals surface area contributed by atoms with Gasteiger partial charge in [0.05, 0.1) is 11.3 Å². The molecule has 2 N–H and O–H groups in total. The molecule has 1 aliphatic rings. The summed E-state index contributed by atoms with van der Waals surface area (Å²) < 4.78 is 7.09. The van der Waals surface area contributed by atoms with Gasteiger partial charge in [-0.2, -0.15) is 4.68 Å². The number of aromatic nitrogens is 2. The van der Waals surface area contributed by atoms with Gasteiger partial charge < -0.3 is 10.2 Å². The number of hydrogen-bond donors (Lipinski definition) is 1. The Balaban J connectivity index is 1.87. The van der Waals surface area contributed by atoms with Crippen LogP contribution in [0.15, 0.2) is 28.7 Å². The number of carbonyl (C=O) groups excluding carboxylic acids is 1. The summed E-state index contributed by atoms with van der Waals surface area (Å²) in [6.45, 7) is 1.88. The van der Waals surface area contributed by atoms with Crippen molar-refractivity contribution in [2.75, 3.05) is 5.73 Å². The van der Waals surface area contributed by atoms with Crippen molar-refractivity contribution in [1.29, 1.82) is 0 Å². The number of furan rings is 1. The van der Waals surface area contributed by atoms with E-state index in [0.717, 1.165) is 53.7 Å². The fraction of sp³-hybridized carbons (Fsp3) is 0.294. The molecule has 4 rings (SSSR count). The van der Waals surface area contributed by atoms with Crippen molar-refractivity contribution in [3.05, 3.63) is 46.8 Å². The number of nitrogens with zero attached hydrogens (tertiary/aromatic N) is 2. The molecule has 112 valence electrons. The lowest BCUT2D eigenvalue weighted by Crippen LogP contribution is -2.18. The minimum absolute atomic E-state index is 0.138. The Hall–Kier alpha value is -2.56. The molecule has 0 aliphatic heterocycles. The Morgan fingerprint density at radius 1 is 1.32 bits per heavy atom. The molecule has 1 aromatic carbocycles. The largest absolute Gasteiger partial charge is 0.461 e. The molecule has 0 spiro atoms. The predicted octanol–water partition coefficient (Wildman–Crippen LogP) is 3.09. The smallest absolute Gasteiger partial charge is 0.279 e. The highest BCUT2D eigenvalue weighted by atomic mass is 16.3. The molecule has 22 heavy (non-hydrogen) atoms. The van der Waals surface area contributed by atoms with E-state index in [-0.39, 0.29) is 5.91 Å². The van der Waals surface area contributed by atoms with Gasteiger partial charge in [-0.3, -0.25) is 4.79 Å². The number of carbonyl (C=O) groups is 1. The zero-order chi connectivity index (χ0) is 15.3. The molecule has 2 aromatic heterocycles. The quantitative estimate of drug-likeness (QED) is 0.748. The first-order valence-electron chi connectivity index (χ1n) is 7.55. The molecular formula is C17H17N3O2. The number of fused-ring (bicyclic) bond motifs is 2. The van der Waals surface area contributed by atoms with E-state index < -0.39 is 0 Å². The Morgan fingerprint density at radius 3 is 3.00 bits per heavy atom. The summed E-state index contributed by atoms with van der Waals surface area (Å²) in [5.41, 5.74) is 9.31. The van der Waals surface area contributed by atoms with Crippen LogP contribution in [-0.2, 0) is 12.8 Å². The highest BCUT2D eigenvalue weighted by Crippen LogP contribution is 2.28. The van der Waals surface area contributed by atoms with E-state index in [9.17, 15) is 4.79 Å². The summed E-state index contributed by atoms with van der Waals surface area (Å²) in [4.78, 5) is 13.0. The molecular weight excluding hydrogens is 278 g/mol. The van der Waals surface area contributed by atoms with Crippen LogP contribution in [0.5, 0.6) is 0 Å². The van der Waals surface area contributed by atoms with Gasteiger partial charge in [0.25, 0.3) is 5.91 Å². The van der Waals surface area contributed by atoms with Crippen LogP contribution in [0.25, 0.3) is 11.0 Å². The molecule has 0 fully saturated rings. The van der Waals surface area contributed by atoms with E-state index in [1.807, 2.05) is 31.2 Å². The number of anilines is 1. The zero-order valence-corrected chi connectivity index (χ0v) is 12.4. The van der Waals surface area contributed by atoms with Crippen molar-refractivity contribution in [2.45, 2.75) is 32.6 Å². The lowest BCUT2D eigenvalue weighted by atomic mass is 9.97. The number of rotatable bonds is 1. The van der Waals surface area contributed by atoms with E-state index in [1.165, 1.54) is 4.68 Å². The van der Waals surface area contributed by atoms with E-state index in [4.69, 9.17) is 10.2 Å². The maximum atomic E-state index is 13.0. The van der Waals surface area contributed by atoms with Gasteiger partial charge in [-0.15, -0.1) is 5.10 Å². The van der Waals surface area contributed by atoms with Gasteiger partial charge in [-0.05, 0) is 50.8 Å². The Labute approximate surface area is 127 Å². The monoisotopic (exact) mass is 295 g/mol. The first-order valence-corrected chi connectivity index (χ1v) is 7.55. The average molecular weight is 295 g/mol. The lowest BCUT2D eigenvalue weighted by Gasteiger charge is -2.13. The van der Waals surface area contributed by atoms with Crippen molar-refractivity contribution in [2.24, 2.45) is 0 Å². The van der Waals surface area contributed by atoms with Gasteiger partial charge in [0.2, 0.25) is 0 Å². The van der Waals surface area contributed by atoms with Crippen molar-refractivity contribution in [3.8, 4) is 0 Å². The van der Waals surface area contributed by atoms with E-state index in [2.05, 4.69) is 5.10 Å². The number of benzene rings is 1. The van der Waals surface area contributed by atoms with Crippen LogP contribution in [-0.4, -0.2) is 15.7 Å². The fourth-order valence-corrected chi connectivity index (χ4v) is 3.28. The van der Waals surface area contributed by atoms with Gasteiger partial charge >= 0.3 is 0 Å². The van der Waals surface area contributed by atoms with E-state index >= 15 is 0 Å². The van der Waals surface area contributed by atoms with Crippen molar-refractivity contribution < 1.29 is 9.21 Å². The molecule has 0 atom stereocenters. The van der Waals surface area contributed by atoms with Crippen molar-refractivity contribution >= 4 is 22.7 Å². The standard InChI is InChI=1S/C17H17N3O2/c1-10-9-13-11(6-4-8-15(13)22-10)17(21)20-14-7-3-2-5-12(14)16(18)19-20/h4,6,8-9H,2-3,5,7H2,1H3,(H2,18,19). The number of nitrogen functional groups attached to an aromatic ring is 1. The second-order valence-corrected chi connectivity index (χ2v) is 5.81. The van der Waals surface area contributed by atoms with Gasteiger partial charge in [-0.1, -0.05) is 6.07 Å². The van der Waals surface area contributed by atoms with Crippen LogP contribution in [0.4, 0.5) is 5.82 Å². The highest BCUT2D eigenvalue weighted by Gasteiger charge is 2.24. The molecule has 0 bridgehead atoms. The van der Waals surface area contributed by atoms with Crippen LogP contribution in [0.3, 0.4) is 0 Å². The molecule has 5 heteroatoms.